The first-order valence-electron chi connectivity index (χ1n) is 12.8. The van der Waals surface area contributed by atoms with E-state index in [1.54, 1.807) is 38.6 Å². The predicted octanol–water partition coefficient (Wildman–Crippen LogP) is 3.47. The van der Waals surface area contributed by atoms with Gasteiger partial charge >= 0.3 is 0 Å². The minimum atomic E-state index is -0.303. The van der Waals surface area contributed by atoms with Gasteiger partial charge in [0.05, 0.1) is 0 Å². The number of nitrogens with one attached hydrogen (secondary N) is 2. The van der Waals surface area contributed by atoms with Crippen molar-refractivity contribution in [3.05, 3.63) is 80.3 Å². The summed E-state index contributed by atoms with van der Waals surface area (Å²) in [6, 6.07) is 9.38. The smallest absolute Gasteiger partial charge is 0.293 e. The van der Waals surface area contributed by atoms with Gasteiger partial charge in [0.25, 0.3) is 17.0 Å². The number of para-hydroxylation sites is 1. The number of ether oxygens (including phenoxy) is 1. The van der Waals surface area contributed by atoms with E-state index in [9.17, 15) is 14.4 Å². The maximum Gasteiger partial charge on any atom is 0.293 e. The molecule has 0 spiro atoms. The molecule has 1 fully saturated rings. The summed E-state index contributed by atoms with van der Waals surface area (Å²) in [6.07, 6.45) is 5.11. The Labute approximate surface area is 220 Å². The Morgan fingerprint density at radius 2 is 1.63 bits per heavy atom. The standard InChI is InChI=1S/C29H33N5O4/c1-17-7-6-8-18(2)25(17)38-26-20(11-14-33(4)29(26)37)22-16-34(5)28(36)24-21(22)15-23(31-24)27(35)30-19-9-12-32(3)13-10-19/h6-8,11,14-16,19,31H,9-10,12-13H2,1-5H3,(H,30,35). The molecule has 38 heavy (non-hydrogen) atoms. The van der Waals surface area contributed by atoms with Crippen LogP contribution >= 0.6 is 0 Å². The van der Waals surface area contributed by atoms with E-state index in [4.69, 9.17) is 4.74 Å². The van der Waals surface area contributed by atoms with Gasteiger partial charge in [0.15, 0.2) is 5.75 Å². The van der Waals surface area contributed by atoms with E-state index in [1.165, 1.54) is 9.13 Å². The van der Waals surface area contributed by atoms with Crippen LogP contribution in [0.4, 0.5) is 0 Å². The second-order valence-electron chi connectivity index (χ2n) is 10.3. The maximum atomic E-state index is 13.3. The topological polar surface area (TPSA) is 101 Å². The summed E-state index contributed by atoms with van der Waals surface area (Å²) in [5, 5.41) is 3.66. The van der Waals surface area contributed by atoms with E-state index in [-0.39, 0.29) is 28.8 Å². The summed E-state index contributed by atoms with van der Waals surface area (Å²) in [6.45, 7) is 5.71. The van der Waals surface area contributed by atoms with Gasteiger partial charge in [0.1, 0.15) is 17.0 Å². The number of fused-ring (bicyclic) bond motifs is 1. The third-order valence-corrected chi connectivity index (χ3v) is 7.39. The Balaban J connectivity index is 1.62. The van der Waals surface area contributed by atoms with E-state index in [2.05, 4.69) is 22.2 Å². The third-order valence-electron chi connectivity index (χ3n) is 7.39. The molecule has 1 aromatic carbocycles. The van der Waals surface area contributed by atoms with Crippen LogP contribution in [-0.2, 0) is 14.1 Å². The summed E-state index contributed by atoms with van der Waals surface area (Å²) in [5.41, 5.74) is 3.02. The monoisotopic (exact) mass is 515 g/mol. The summed E-state index contributed by atoms with van der Waals surface area (Å²) >= 11 is 0. The summed E-state index contributed by atoms with van der Waals surface area (Å²) in [7, 11) is 5.39. The maximum absolute atomic E-state index is 13.3. The fraction of sp³-hybridized carbons (Fsp3) is 0.345. The molecule has 1 aliphatic heterocycles. The van der Waals surface area contributed by atoms with Gasteiger partial charge in [-0.05, 0) is 70.1 Å². The molecule has 0 radical (unpaired) electrons. The Hall–Kier alpha value is -4.11. The van der Waals surface area contributed by atoms with Gasteiger partial charge in [0.2, 0.25) is 0 Å². The zero-order valence-corrected chi connectivity index (χ0v) is 22.4. The first kappa shape index (κ1) is 25.5. The highest BCUT2D eigenvalue weighted by atomic mass is 16.5. The number of hydrogen-bond acceptors (Lipinski definition) is 5. The third kappa shape index (κ3) is 4.65. The van der Waals surface area contributed by atoms with Crippen molar-refractivity contribution in [1.29, 1.82) is 0 Å². The molecule has 198 valence electrons. The molecular weight excluding hydrogens is 482 g/mol. The summed E-state index contributed by atoms with van der Waals surface area (Å²) < 4.78 is 9.22. The van der Waals surface area contributed by atoms with E-state index >= 15 is 0 Å². The fourth-order valence-corrected chi connectivity index (χ4v) is 5.06. The molecule has 1 amide bonds. The van der Waals surface area contributed by atoms with E-state index in [0.717, 1.165) is 37.1 Å². The molecule has 0 unspecified atom stereocenters. The number of rotatable bonds is 5. The van der Waals surface area contributed by atoms with Gasteiger partial charge in [-0.2, -0.15) is 0 Å². The van der Waals surface area contributed by atoms with Crippen LogP contribution in [0.5, 0.6) is 11.5 Å². The molecule has 4 heterocycles. The number of aromatic nitrogens is 3. The molecule has 4 aromatic rings. The van der Waals surface area contributed by atoms with Crippen molar-refractivity contribution in [2.75, 3.05) is 20.1 Å². The molecule has 9 nitrogen and oxygen atoms in total. The molecule has 0 bridgehead atoms. The lowest BCUT2D eigenvalue weighted by Crippen LogP contribution is -2.43. The van der Waals surface area contributed by atoms with Crippen LogP contribution in [0.25, 0.3) is 22.0 Å². The molecule has 0 saturated carbocycles. The highest BCUT2D eigenvalue weighted by Crippen LogP contribution is 2.36. The zero-order valence-electron chi connectivity index (χ0n) is 22.4. The zero-order chi connectivity index (χ0) is 27.1. The van der Waals surface area contributed by atoms with Crippen molar-refractivity contribution in [1.82, 2.24) is 24.3 Å². The van der Waals surface area contributed by atoms with Crippen LogP contribution in [-0.4, -0.2) is 51.1 Å². The van der Waals surface area contributed by atoms with Crippen molar-refractivity contribution in [2.45, 2.75) is 32.7 Å². The molecule has 9 heteroatoms. The second kappa shape index (κ2) is 9.98. The normalized spacial score (nSPS) is 14.7. The number of nitrogens with zero attached hydrogens (tertiary/aromatic N) is 3. The van der Waals surface area contributed by atoms with Crippen molar-refractivity contribution >= 4 is 16.8 Å². The predicted molar refractivity (Wildman–Crippen MR) is 148 cm³/mol. The number of H-pyrrole nitrogens is 1. The molecule has 5 rings (SSSR count). The van der Waals surface area contributed by atoms with Gasteiger partial charge < -0.3 is 29.1 Å². The van der Waals surface area contributed by atoms with Gasteiger partial charge in [0, 0.05) is 49.0 Å². The number of carbonyl (C=O) groups is 1. The largest absolute Gasteiger partial charge is 0.450 e. The van der Waals surface area contributed by atoms with Crippen LogP contribution in [0.15, 0.2) is 52.3 Å². The van der Waals surface area contributed by atoms with Gasteiger partial charge in [-0.3, -0.25) is 14.4 Å². The quantitative estimate of drug-likeness (QED) is 0.424. The van der Waals surface area contributed by atoms with Crippen LogP contribution in [0.2, 0.25) is 0 Å². The average Bonchev–Trinajstić information content (AvgIpc) is 3.34. The Morgan fingerprint density at radius 3 is 2.32 bits per heavy atom. The molecule has 1 aliphatic rings. The van der Waals surface area contributed by atoms with Crippen LogP contribution in [0.3, 0.4) is 0 Å². The summed E-state index contributed by atoms with van der Waals surface area (Å²) in [5.74, 6) is 0.524. The SMILES string of the molecule is Cc1cccc(C)c1Oc1c(-c2cn(C)c(=O)c3[nH]c(C(=O)NC4CCN(C)CC4)cc23)ccn(C)c1=O. The van der Waals surface area contributed by atoms with Crippen LogP contribution in [0.1, 0.15) is 34.5 Å². The lowest BCUT2D eigenvalue weighted by Gasteiger charge is -2.29. The van der Waals surface area contributed by atoms with E-state index in [0.29, 0.717) is 33.5 Å². The fourth-order valence-electron chi connectivity index (χ4n) is 5.06. The Bertz CT molecular complexity index is 1630. The first-order valence-corrected chi connectivity index (χ1v) is 12.8. The number of aromatic amines is 1. The number of likely N-dealkylation sites (tertiary alicyclic amines) is 1. The van der Waals surface area contributed by atoms with E-state index in [1.807, 2.05) is 32.0 Å². The van der Waals surface area contributed by atoms with Crippen LogP contribution in [0, 0.1) is 13.8 Å². The minimum Gasteiger partial charge on any atom is -0.450 e. The lowest BCUT2D eigenvalue weighted by molar-refractivity contribution is 0.0912. The Morgan fingerprint density at radius 1 is 0.947 bits per heavy atom. The van der Waals surface area contributed by atoms with Crippen molar-refractivity contribution in [3.8, 4) is 22.6 Å². The van der Waals surface area contributed by atoms with E-state index < -0.39 is 0 Å². The molecule has 0 aliphatic carbocycles. The Kier molecular flexibility index (Phi) is 6.71. The van der Waals surface area contributed by atoms with Gasteiger partial charge in [-0.1, -0.05) is 18.2 Å². The molecule has 0 atom stereocenters. The number of amides is 1. The number of aryl methyl sites for hydroxylation is 4. The van der Waals surface area contributed by atoms with Crippen molar-refractivity contribution < 1.29 is 9.53 Å². The first-order chi connectivity index (χ1) is 18.1. The minimum absolute atomic E-state index is 0.0851. The molecular formula is C29H33N5O4. The van der Waals surface area contributed by atoms with Gasteiger partial charge in [-0.15, -0.1) is 0 Å². The number of pyridine rings is 2. The van der Waals surface area contributed by atoms with Gasteiger partial charge in [-0.25, -0.2) is 0 Å². The van der Waals surface area contributed by atoms with Crippen molar-refractivity contribution in [3.63, 3.8) is 0 Å². The molecule has 1 saturated heterocycles. The second-order valence-corrected chi connectivity index (χ2v) is 10.3. The number of hydrogen-bond donors (Lipinski definition) is 2. The molecule has 2 N–H and O–H groups in total. The van der Waals surface area contributed by atoms with Crippen molar-refractivity contribution in [2.24, 2.45) is 14.1 Å². The summed E-state index contributed by atoms with van der Waals surface area (Å²) in [4.78, 5) is 44.8. The number of piperidine rings is 1. The number of carbonyl (C=O) groups excluding carboxylic acids is 1. The average molecular weight is 516 g/mol. The number of benzene rings is 1. The molecule has 3 aromatic heterocycles. The highest BCUT2D eigenvalue weighted by Gasteiger charge is 2.23. The highest BCUT2D eigenvalue weighted by molar-refractivity contribution is 6.03. The lowest BCUT2D eigenvalue weighted by atomic mass is 10.0. The van der Waals surface area contributed by atoms with Crippen LogP contribution < -0.4 is 21.2 Å².